The summed E-state index contributed by atoms with van der Waals surface area (Å²) in [5.74, 6) is 0.488. The molecule has 0 spiro atoms. The average molecular weight is 259 g/mol. The van der Waals surface area contributed by atoms with Crippen molar-refractivity contribution < 1.29 is 9.53 Å². The number of fused-ring (bicyclic) bond motifs is 1. The van der Waals surface area contributed by atoms with Gasteiger partial charge in [-0.3, -0.25) is 4.79 Å². The molecule has 3 nitrogen and oxygen atoms in total. The number of carbonyl (C=O) groups excluding carboxylic acids is 1. The van der Waals surface area contributed by atoms with Crippen LogP contribution in [0.5, 0.6) is 0 Å². The quantitative estimate of drug-likeness (QED) is 0.906. The van der Waals surface area contributed by atoms with Gasteiger partial charge in [-0.15, -0.1) is 0 Å². The molecule has 0 amide bonds. The molecule has 0 bridgehead atoms. The number of benzene rings is 1. The van der Waals surface area contributed by atoms with Crippen molar-refractivity contribution in [1.29, 1.82) is 0 Å². The zero-order valence-corrected chi connectivity index (χ0v) is 11.2. The minimum Gasteiger partial charge on any atom is -0.373 e. The van der Waals surface area contributed by atoms with E-state index < -0.39 is 0 Å². The first kappa shape index (κ1) is 12.8. The highest BCUT2D eigenvalue weighted by molar-refractivity contribution is 5.82. The van der Waals surface area contributed by atoms with E-state index >= 15 is 0 Å². The van der Waals surface area contributed by atoms with E-state index in [1.807, 2.05) is 6.07 Å². The molecule has 3 atom stereocenters. The third kappa shape index (κ3) is 2.72. The summed E-state index contributed by atoms with van der Waals surface area (Å²) in [7, 11) is 0. The Morgan fingerprint density at radius 1 is 1.32 bits per heavy atom. The number of ether oxygens (including phenoxy) is 1. The smallest absolute Gasteiger partial charge is 0.138 e. The summed E-state index contributed by atoms with van der Waals surface area (Å²) in [4.78, 5) is 12.3. The lowest BCUT2D eigenvalue weighted by atomic mass is 9.90. The fourth-order valence-corrected chi connectivity index (χ4v) is 3.30. The molecule has 0 radical (unpaired) electrons. The summed E-state index contributed by atoms with van der Waals surface area (Å²) in [5.41, 5.74) is 8.42. The maximum atomic E-state index is 12.3. The molecule has 2 N–H and O–H groups in total. The van der Waals surface area contributed by atoms with Crippen LogP contribution < -0.4 is 5.73 Å². The van der Waals surface area contributed by atoms with Gasteiger partial charge in [-0.25, -0.2) is 0 Å². The highest BCUT2D eigenvalue weighted by atomic mass is 16.5. The predicted octanol–water partition coefficient (Wildman–Crippen LogP) is 2.39. The first-order valence-corrected chi connectivity index (χ1v) is 7.21. The molecule has 0 aromatic heterocycles. The Morgan fingerprint density at radius 3 is 2.95 bits per heavy atom. The normalized spacial score (nSPS) is 30.1. The Balaban J connectivity index is 1.69. The van der Waals surface area contributed by atoms with E-state index in [0.29, 0.717) is 12.2 Å². The molecular weight excluding hydrogens is 238 g/mol. The molecule has 1 saturated carbocycles. The Bertz CT molecular complexity index is 472. The van der Waals surface area contributed by atoms with Crippen LogP contribution in [0.3, 0.4) is 0 Å². The van der Waals surface area contributed by atoms with Crippen LogP contribution in [-0.4, -0.2) is 18.4 Å². The topological polar surface area (TPSA) is 52.3 Å². The van der Waals surface area contributed by atoms with E-state index in [2.05, 4.69) is 18.2 Å². The fourth-order valence-electron chi connectivity index (χ4n) is 3.30. The van der Waals surface area contributed by atoms with Crippen LogP contribution in [-0.2, 0) is 16.0 Å². The number of nitrogens with two attached hydrogens (primary N) is 1. The summed E-state index contributed by atoms with van der Waals surface area (Å²) in [6, 6.07) is 8.52. The van der Waals surface area contributed by atoms with Gasteiger partial charge in [0.25, 0.3) is 0 Å². The van der Waals surface area contributed by atoms with E-state index in [-0.39, 0.29) is 18.1 Å². The third-order valence-corrected chi connectivity index (χ3v) is 4.41. The lowest BCUT2D eigenvalue weighted by Crippen LogP contribution is -2.23. The molecule has 1 aliphatic heterocycles. The summed E-state index contributed by atoms with van der Waals surface area (Å²) >= 11 is 0. The largest absolute Gasteiger partial charge is 0.373 e. The molecular formula is C16H21NO2. The summed E-state index contributed by atoms with van der Waals surface area (Å²) in [6.07, 6.45) is 4.21. The summed E-state index contributed by atoms with van der Waals surface area (Å²) in [6.45, 7) is 0.721. The van der Waals surface area contributed by atoms with Crippen molar-refractivity contribution in [2.24, 2.45) is 11.7 Å². The Labute approximate surface area is 114 Å². The van der Waals surface area contributed by atoms with Gasteiger partial charge in [0.15, 0.2) is 0 Å². The van der Waals surface area contributed by atoms with Crippen molar-refractivity contribution in [3.05, 3.63) is 35.4 Å². The van der Waals surface area contributed by atoms with Gasteiger partial charge in [0.2, 0.25) is 0 Å². The van der Waals surface area contributed by atoms with E-state index in [0.717, 1.165) is 32.3 Å². The van der Waals surface area contributed by atoms with E-state index in [4.69, 9.17) is 10.5 Å². The molecule has 1 aliphatic carbocycles. The fraction of sp³-hybridized carbons (Fsp3) is 0.562. The van der Waals surface area contributed by atoms with Crippen LogP contribution in [0.4, 0.5) is 0 Å². The number of Topliss-reactive ketones (excluding diaryl/α,β-unsaturated/α-hetero) is 1. The van der Waals surface area contributed by atoms with Crippen LogP contribution in [0.25, 0.3) is 0 Å². The van der Waals surface area contributed by atoms with Crippen LogP contribution >= 0.6 is 0 Å². The first-order chi connectivity index (χ1) is 9.24. The number of rotatable bonds is 3. The van der Waals surface area contributed by atoms with Crippen LogP contribution in [0.15, 0.2) is 24.3 Å². The predicted molar refractivity (Wildman–Crippen MR) is 73.8 cm³/mol. The lowest BCUT2D eigenvalue weighted by Gasteiger charge is -2.26. The van der Waals surface area contributed by atoms with Crippen LogP contribution in [0.1, 0.15) is 42.9 Å². The van der Waals surface area contributed by atoms with E-state index in [1.54, 1.807) is 0 Å². The van der Waals surface area contributed by atoms with E-state index in [9.17, 15) is 4.79 Å². The van der Waals surface area contributed by atoms with Crippen LogP contribution in [0, 0.1) is 5.92 Å². The zero-order chi connectivity index (χ0) is 13.2. The van der Waals surface area contributed by atoms with Crippen molar-refractivity contribution >= 4 is 5.78 Å². The Hall–Kier alpha value is -1.19. The molecule has 1 aromatic rings. The molecule has 1 aromatic carbocycles. The van der Waals surface area contributed by atoms with Crippen molar-refractivity contribution in [2.45, 2.75) is 44.2 Å². The molecule has 102 valence electrons. The first-order valence-electron chi connectivity index (χ1n) is 7.21. The number of hydrogen-bond donors (Lipinski definition) is 1. The van der Waals surface area contributed by atoms with Crippen LogP contribution in [0.2, 0.25) is 0 Å². The average Bonchev–Trinajstić information content (AvgIpc) is 2.86. The van der Waals surface area contributed by atoms with Gasteiger partial charge < -0.3 is 10.5 Å². The molecule has 19 heavy (non-hydrogen) atoms. The molecule has 3 rings (SSSR count). The molecule has 2 aliphatic rings. The van der Waals surface area contributed by atoms with Crippen molar-refractivity contribution in [2.75, 3.05) is 6.61 Å². The second kappa shape index (κ2) is 5.43. The molecule has 1 fully saturated rings. The van der Waals surface area contributed by atoms with Gasteiger partial charge in [0, 0.05) is 18.4 Å². The number of carbonyl (C=O) groups is 1. The van der Waals surface area contributed by atoms with Gasteiger partial charge in [-0.1, -0.05) is 24.3 Å². The van der Waals surface area contributed by atoms with E-state index in [1.165, 1.54) is 11.1 Å². The number of ketones is 1. The lowest BCUT2D eigenvalue weighted by molar-refractivity contribution is -0.126. The summed E-state index contributed by atoms with van der Waals surface area (Å²) < 4.78 is 5.81. The molecule has 3 unspecified atom stereocenters. The second-order valence-corrected chi connectivity index (χ2v) is 5.75. The van der Waals surface area contributed by atoms with Gasteiger partial charge in [0.1, 0.15) is 5.78 Å². The minimum absolute atomic E-state index is 0.0470. The highest BCUT2D eigenvalue weighted by Crippen LogP contribution is 2.33. The molecule has 1 heterocycles. The third-order valence-electron chi connectivity index (χ3n) is 4.41. The standard InChI is InChI=1S/C16H21NO2/c17-13-6-5-12(9-13)15(18)10-16-14-4-2-1-3-11(14)7-8-19-16/h1-4,12-13,16H,5-10,17H2. The van der Waals surface area contributed by atoms with Gasteiger partial charge in [0.05, 0.1) is 12.7 Å². The highest BCUT2D eigenvalue weighted by Gasteiger charge is 2.31. The minimum atomic E-state index is -0.0470. The van der Waals surface area contributed by atoms with Crippen molar-refractivity contribution in [1.82, 2.24) is 0 Å². The zero-order valence-electron chi connectivity index (χ0n) is 11.2. The maximum Gasteiger partial charge on any atom is 0.138 e. The summed E-state index contributed by atoms with van der Waals surface area (Å²) in [5, 5.41) is 0. The molecule has 0 saturated heterocycles. The Morgan fingerprint density at radius 2 is 2.16 bits per heavy atom. The number of hydrogen-bond acceptors (Lipinski definition) is 3. The monoisotopic (exact) mass is 259 g/mol. The molecule has 3 heteroatoms. The Kier molecular flexibility index (Phi) is 3.67. The van der Waals surface area contributed by atoms with Gasteiger partial charge in [-0.05, 0) is 36.8 Å². The second-order valence-electron chi connectivity index (χ2n) is 5.75. The van der Waals surface area contributed by atoms with Gasteiger partial charge >= 0.3 is 0 Å². The maximum absolute atomic E-state index is 12.3. The van der Waals surface area contributed by atoms with Crippen molar-refractivity contribution in [3.8, 4) is 0 Å². The SMILES string of the molecule is NC1CCC(C(=O)CC2OCCc3ccccc32)C1. The van der Waals surface area contributed by atoms with Gasteiger partial charge in [-0.2, -0.15) is 0 Å². The van der Waals surface area contributed by atoms with Crippen molar-refractivity contribution in [3.63, 3.8) is 0 Å².